The van der Waals surface area contributed by atoms with Crippen LogP contribution in [0.2, 0.25) is 0 Å². The van der Waals surface area contributed by atoms with E-state index >= 15 is 0 Å². The topological polar surface area (TPSA) is 128 Å². The van der Waals surface area contributed by atoms with E-state index in [1.807, 2.05) is 0 Å². The van der Waals surface area contributed by atoms with Gasteiger partial charge in [-0.1, -0.05) is 6.07 Å². The molecule has 24 heavy (non-hydrogen) atoms. The van der Waals surface area contributed by atoms with Crippen molar-refractivity contribution < 1.29 is 29.4 Å². The zero-order chi connectivity index (χ0) is 17.3. The van der Waals surface area contributed by atoms with Crippen molar-refractivity contribution in [3.05, 3.63) is 29.3 Å². The molecule has 3 amide bonds. The maximum atomic E-state index is 12.6. The minimum atomic E-state index is -1.12. The number of ether oxygens (including phenoxy) is 1. The maximum Gasteiger partial charge on any atom is 0.281 e. The number of hydrogen-bond acceptors (Lipinski definition) is 6. The summed E-state index contributed by atoms with van der Waals surface area (Å²) in [5.74, 6) is -0.857. The normalized spacial score (nSPS) is 22.8. The Kier molecular flexibility index (Phi) is 4.36. The standard InChI is InChI=1S/C15H17N3O6/c19-12-5-4-10(14(21)16-12)18-6-9-8(15(18)22)2-1-3-11(9)24-7-13(20)17-23/h1-3,10,14,21,23H,4-7H2,(H,16,19)(H,17,20). The van der Waals surface area contributed by atoms with Crippen LogP contribution in [0.15, 0.2) is 18.2 Å². The summed E-state index contributed by atoms with van der Waals surface area (Å²) in [5, 5.41) is 21.0. The predicted molar refractivity (Wildman–Crippen MR) is 78.9 cm³/mol. The molecule has 1 aromatic rings. The molecule has 0 bridgehead atoms. The number of aliphatic hydroxyl groups excluding tert-OH is 1. The zero-order valence-corrected chi connectivity index (χ0v) is 12.7. The van der Waals surface area contributed by atoms with Gasteiger partial charge in [-0.2, -0.15) is 0 Å². The van der Waals surface area contributed by atoms with Crippen molar-refractivity contribution in [2.45, 2.75) is 31.7 Å². The second-order valence-corrected chi connectivity index (χ2v) is 5.66. The average molecular weight is 335 g/mol. The summed E-state index contributed by atoms with van der Waals surface area (Å²) in [6.45, 7) is -0.175. The molecule has 2 atom stereocenters. The van der Waals surface area contributed by atoms with Crippen LogP contribution in [0.1, 0.15) is 28.8 Å². The lowest BCUT2D eigenvalue weighted by Crippen LogP contribution is -2.55. The van der Waals surface area contributed by atoms with Gasteiger partial charge in [0, 0.05) is 17.5 Å². The highest BCUT2D eigenvalue weighted by atomic mass is 16.5. The van der Waals surface area contributed by atoms with Gasteiger partial charge < -0.3 is 20.1 Å². The number of carbonyl (C=O) groups excluding carboxylic acids is 3. The molecule has 1 aromatic carbocycles. The third kappa shape index (κ3) is 2.91. The summed E-state index contributed by atoms with van der Waals surface area (Å²) in [7, 11) is 0. The van der Waals surface area contributed by atoms with E-state index in [-0.39, 0.29) is 31.4 Å². The second-order valence-electron chi connectivity index (χ2n) is 5.66. The number of piperidine rings is 1. The van der Waals surface area contributed by atoms with Crippen molar-refractivity contribution in [1.82, 2.24) is 15.7 Å². The van der Waals surface area contributed by atoms with Gasteiger partial charge in [0.1, 0.15) is 12.0 Å². The van der Waals surface area contributed by atoms with E-state index in [2.05, 4.69) is 5.32 Å². The molecule has 0 spiro atoms. The van der Waals surface area contributed by atoms with Gasteiger partial charge in [0.2, 0.25) is 5.91 Å². The fourth-order valence-electron chi connectivity index (χ4n) is 3.00. The van der Waals surface area contributed by atoms with Crippen molar-refractivity contribution in [2.24, 2.45) is 0 Å². The molecule has 2 aliphatic rings. The van der Waals surface area contributed by atoms with Crippen LogP contribution < -0.4 is 15.5 Å². The van der Waals surface area contributed by atoms with Gasteiger partial charge in [-0.3, -0.25) is 19.6 Å². The van der Waals surface area contributed by atoms with Gasteiger partial charge >= 0.3 is 0 Å². The van der Waals surface area contributed by atoms with E-state index in [1.54, 1.807) is 18.2 Å². The molecular weight excluding hydrogens is 318 g/mol. The molecule has 9 nitrogen and oxygen atoms in total. The number of hydrogen-bond donors (Lipinski definition) is 4. The molecule has 1 saturated heterocycles. The summed E-state index contributed by atoms with van der Waals surface area (Å²) < 4.78 is 5.35. The molecule has 0 aromatic heterocycles. The highest BCUT2D eigenvalue weighted by molar-refractivity contribution is 5.99. The van der Waals surface area contributed by atoms with Crippen molar-refractivity contribution >= 4 is 17.7 Å². The van der Waals surface area contributed by atoms with Crippen LogP contribution in [-0.2, 0) is 16.1 Å². The lowest BCUT2D eigenvalue weighted by Gasteiger charge is -2.35. The Balaban J connectivity index is 1.79. The van der Waals surface area contributed by atoms with Crippen LogP contribution in [0.25, 0.3) is 0 Å². The largest absolute Gasteiger partial charge is 0.483 e. The molecule has 0 radical (unpaired) electrons. The van der Waals surface area contributed by atoms with E-state index < -0.39 is 18.2 Å². The Morgan fingerprint density at radius 1 is 1.42 bits per heavy atom. The Labute approximate surface area is 137 Å². The Morgan fingerprint density at radius 3 is 2.92 bits per heavy atom. The van der Waals surface area contributed by atoms with Gasteiger partial charge in [0.05, 0.1) is 12.6 Å². The summed E-state index contributed by atoms with van der Waals surface area (Å²) >= 11 is 0. The first kappa shape index (κ1) is 16.2. The molecule has 9 heteroatoms. The average Bonchev–Trinajstić information content (AvgIpc) is 2.90. The second kappa shape index (κ2) is 6.46. The number of benzene rings is 1. The molecule has 2 heterocycles. The lowest BCUT2D eigenvalue weighted by molar-refractivity contribution is -0.131. The van der Waals surface area contributed by atoms with Crippen LogP contribution in [0.5, 0.6) is 5.75 Å². The molecular formula is C15H17N3O6. The minimum Gasteiger partial charge on any atom is -0.483 e. The van der Waals surface area contributed by atoms with E-state index in [0.29, 0.717) is 23.3 Å². The molecule has 4 N–H and O–H groups in total. The number of rotatable bonds is 4. The lowest BCUT2D eigenvalue weighted by atomic mass is 10.0. The molecule has 2 unspecified atom stereocenters. The number of nitrogens with zero attached hydrogens (tertiary/aromatic N) is 1. The summed E-state index contributed by atoms with van der Waals surface area (Å²) in [6, 6.07) is 4.38. The molecule has 0 aliphatic carbocycles. The highest BCUT2D eigenvalue weighted by Crippen LogP contribution is 2.33. The summed E-state index contributed by atoms with van der Waals surface area (Å²) in [6.07, 6.45) is -0.508. The van der Waals surface area contributed by atoms with Crippen LogP contribution in [-0.4, -0.2) is 51.8 Å². The molecule has 128 valence electrons. The first-order valence-electron chi connectivity index (χ1n) is 7.47. The zero-order valence-electron chi connectivity index (χ0n) is 12.7. The van der Waals surface area contributed by atoms with Crippen molar-refractivity contribution in [3.8, 4) is 5.75 Å². The van der Waals surface area contributed by atoms with Gasteiger partial charge in [0.15, 0.2) is 6.61 Å². The Morgan fingerprint density at radius 2 is 2.21 bits per heavy atom. The van der Waals surface area contributed by atoms with Crippen LogP contribution in [0.4, 0.5) is 0 Å². The number of amides is 3. The smallest absolute Gasteiger partial charge is 0.281 e. The molecule has 2 aliphatic heterocycles. The predicted octanol–water partition coefficient (Wildman–Crippen LogP) is -0.876. The van der Waals surface area contributed by atoms with Crippen LogP contribution in [0.3, 0.4) is 0 Å². The number of hydroxylamine groups is 1. The van der Waals surface area contributed by atoms with E-state index in [1.165, 1.54) is 10.4 Å². The molecule has 3 rings (SSSR count). The van der Waals surface area contributed by atoms with Gasteiger partial charge in [-0.05, 0) is 18.6 Å². The summed E-state index contributed by atoms with van der Waals surface area (Å²) in [5.41, 5.74) is 2.51. The van der Waals surface area contributed by atoms with Crippen molar-refractivity contribution in [1.29, 1.82) is 0 Å². The van der Waals surface area contributed by atoms with Gasteiger partial charge in [-0.25, -0.2) is 5.48 Å². The van der Waals surface area contributed by atoms with Gasteiger partial charge in [0.25, 0.3) is 11.8 Å². The number of fused-ring (bicyclic) bond motifs is 1. The fraction of sp³-hybridized carbons (Fsp3) is 0.400. The SMILES string of the molecule is O=C(COc1cccc2c1CN(C1CCC(=O)NC1O)C2=O)NO. The monoisotopic (exact) mass is 335 g/mol. The third-order valence-corrected chi connectivity index (χ3v) is 4.18. The first-order valence-corrected chi connectivity index (χ1v) is 7.47. The highest BCUT2D eigenvalue weighted by Gasteiger charge is 2.40. The van der Waals surface area contributed by atoms with Crippen molar-refractivity contribution in [2.75, 3.05) is 6.61 Å². The first-order chi connectivity index (χ1) is 11.5. The van der Waals surface area contributed by atoms with Gasteiger partial charge in [-0.15, -0.1) is 0 Å². The quantitative estimate of drug-likeness (QED) is 0.418. The minimum absolute atomic E-state index is 0.211. The van der Waals surface area contributed by atoms with E-state index in [0.717, 1.165) is 0 Å². The number of nitrogens with one attached hydrogen (secondary N) is 2. The number of carbonyl (C=O) groups is 3. The number of aliphatic hydroxyl groups is 1. The van der Waals surface area contributed by atoms with E-state index in [4.69, 9.17) is 9.94 Å². The fourth-order valence-corrected chi connectivity index (χ4v) is 3.00. The van der Waals surface area contributed by atoms with E-state index in [9.17, 15) is 19.5 Å². The Hall–Kier alpha value is -2.65. The van der Waals surface area contributed by atoms with Crippen LogP contribution >= 0.6 is 0 Å². The molecule has 0 saturated carbocycles. The third-order valence-electron chi connectivity index (χ3n) is 4.18. The Bertz CT molecular complexity index is 692. The summed E-state index contributed by atoms with van der Waals surface area (Å²) in [4.78, 5) is 36.5. The molecule has 1 fully saturated rings. The van der Waals surface area contributed by atoms with Crippen molar-refractivity contribution in [3.63, 3.8) is 0 Å². The maximum absolute atomic E-state index is 12.6. The van der Waals surface area contributed by atoms with Crippen LogP contribution in [0, 0.1) is 0 Å².